The monoisotopic (exact) mass is 309 g/mol. The van der Waals surface area contributed by atoms with E-state index in [4.69, 9.17) is 9.63 Å². The van der Waals surface area contributed by atoms with Crippen LogP contribution in [0.15, 0.2) is 4.52 Å². The lowest BCUT2D eigenvalue weighted by atomic mass is 10.1. The molecule has 2 heterocycles. The summed E-state index contributed by atoms with van der Waals surface area (Å²) in [6.45, 7) is 5.38. The van der Waals surface area contributed by atoms with Gasteiger partial charge in [0.15, 0.2) is 0 Å². The fraction of sp³-hybridized carbons (Fsp3) is 0.385. The van der Waals surface area contributed by atoms with Crippen molar-refractivity contribution in [1.82, 2.24) is 15.5 Å². The summed E-state index contributed by atoms with van der Waals surface area (Å²) >= 11 is 1.07. The molecule has 0 radical (unpaired) electrons. The number of carbonyl (C=O) groups is 2. The van der Waals surface area contributed by atoms with Gasteiger partial charge in [-0.3, -0.25) is 4.79 Å². The predicted octanol–water partition coefficient (Wildman–Crippen LogP) is 1.61. The summed E-state index contributed by atoms with van der Waals surface area (Å²) in [5.41, 5.74) is 1.93. The molecule has 0 spiro atoms. The molecule has 0 saturated carbocycles. The third-order valence-electron chi connectivity index (χ3n) is 2.99. The van der Waals surface area contributed by atoms with Crippen molar-refractivity contribution in [3.63, 3.8) is 0 Å². The number of carbonyl (C=O) groups excluding carboxylic acids is 1. The Morgan fingerprint density at radius 3 is 2.52 bits per heavy atom. The number of amides is 1. The molecule has 2 aromatic heterocycles. The lowest BCUT2D eigenvalue weighted by Gasteiger charge is -2.02. The number of thiazole rings is 1. The lowest BCUT2D eigenvalue weighted by molar-refractivity contribution is -0.120. The van der Waals surface area contributed by atoms with Gasteiger partial charge in [-0.15, -0.1) is 11.3 Å². The minimum Gasteiger partial charge on any atom is -0.477 e. The van der Waals surface area contributed by atoms with Crippen LogP contribution < -0.4 is 5.32 Å². The molecule has 0 aliphatic rings. The molecule has 8 heteroatoms. The van der Waals surface area contributed by atoms with Gasteiger partial charge in [-0.25, -0.2) is 9.78 Å². The molecule has 2 rings (SSSR count). The Hall–Kier alpha value is -2.22. The lowest BCUT2D eigenvalue weighted by Crippen LogP contribution is -2.24. The SMILES string of the molecule is Cc1nc(CNC(=O)Cc2c(C)noc2C)sc1C(=O)O. The largest absolute Gasteiger partial charge is 0.477 e. The Kier molecular flexibility index (Phi) is 4.37. The molecule has 21 heavy (non-hydrogen) atoms. The van der Waals surface area contributed by atoms with Gasteiger partial charge in [0.05, 0.1) is 24.4 Å². The van der Waals surface area contributed by atoms with Gasteiger partial charge in [0.25, 0.3) is 0 Å². The molecule has 2 aromatic rings. The van der Waals surface area contributed by atoms with Crippen molar-refractivity contribution in [2.24, 2.45) is 0 Å². The standard InChI is InChI=1S/C13H15N3O4S/c1-6-9(8(3)20-16-6)4-10(17)14-5-11-15-7(2)12(21-11)13(18)19/h4-5H2,1-3H3,(H,14,17)(H,18,19). The van der Waals surface area contributed by atoms with Crippen molar-refractivity contribution in [2.45, 2.75) is 33.7 Å². The minimum absolute atomic E-state index is 0.178. The zero-order chi connectivity index (χ0) is 15.6. The third-order valence-corrected chi connectivity index (χ3v) is 4.14. The first-order valence-corrected chi connectivity index (χ1v) is 7.08. The molecule has 7 nitrogen and oxygen atoms in total. The van der Waals surface area contributed by atoms with E-state index in [0.717, 1.165) is 16.9 Å². The van der Waals surface area contributed by atoms with E-state index < -0.39 is 5.97 Å². The number of carboxylic acids is 1. The highest BCUT2D eigenvalue weighted by molar-refractivity contribution is 7.13. The number of hydrogen-bond donors (Lipinski definition) is 2. The average Bonchev–Trinajstić information content (AvgIpc) is 2.94. The second kappa shape index (κ2) is 6.04. The maximum Gasteiger partial charge on any atom is 0.347 e. The van der Waals surface area contributed by atoms with Gasteiger partial charge in [-0.05, 0) is 20.8 Å². The predicted molar refractivity (Wildman–Crippen MR) is 75.3 cm³/mol. The molecule has 0 saturated heterocycles. The smallest absolute Gasteiger partial charge is 0.347 e. The molecule has 0 bridgehead atoms. The first kappa shape index (κ1) is 15.2. The van der Waals surface area contributed by atoms with E-state index in [9.17, 15) is 9.59 Å². The maximum atomic E-state index is 11.9. The van der Waals surface area contributed by atoms with E-state index in [1.807, 2.05) is 0 Å². The van der Waals surface area contributed by atoms with Crippen molar-refractivity contribution >= 4 is 23.2 Å². The number of aromatic nitrogens is 2. The van der Waals surface area contributed by atoms with Crippen molar-refractivity contribution in [1.29, 1.82) is 0 Å². The fourth-order valence-electron chi connectivity index (χ4n) is 1.88. The molecule has 0 aliphatic heterocycles. The van der Waals surface area contributed by atoms with Gasteiger partial charge in [-0.1, -0.05) is 5.16 Å². The zero-order valence-corrected chi connectivity index (χ0v) is 12.7. The van der Waals surface area contributed by atoms with Gasteiger partial charge >= 0.3 is 5.97 Å². The minimum atomic E-state index is -1.00. The second-order valence-corrected chi connectivity index (χ2v) is 5.67. The van der Waals surface area contributed by atoms with Gasteiger partial charge in [-0.2, -0.15) is 0 Å². The number of nitrogens with zero attached hydrogens (tertiary/aromatic N) is 2. The first-order valence-electron chi connectivity index (χ1n) is 6.26. The summed E-state index contributed by atoms with van der Waals surface area (Å²) in [7, 11) is 0. The Morgan fingerprint density at radius 1 is 1.29 bits per heavy atom. The molecule has 0 aromatic carbocycles. The summed E-state index contributed by atoms with van der Waals surface area (Å²) in [5.74, 6) is -0.562. The topological polar surface area (TPSA) is 105 Å². The van der Waals surface area contributed by atoms with Crippen LogP contribution in [-0.4, -0.2) is 27.1 Å². The van der Waals surface area contributed by atoms with E-state index in [2.05, 4.69) is 15.5 Å². The molecule has 2 N–H and O–H groups in total. The molecule has 112 valence electrons. The maximum absolute atomic E-state index is 11.9. The molecule has 0 fully saturated rings. The highest BCUT2D eigenvalue weighted by atomic mass is 32.1. The summed E-state index contributed by atoms with van der Waals surface area (Å²) in [6, 6.07) is 0. The number of aryl methyl sites for hydroxylation is 3. The van der Waals surface area contributed by atoms with E-state index in [-0.39, 0.29) is 23.7 Å². The van der Waals surface area contributed by atoms with Gasteiger partial charge in [0.2, 0.25) is 5.91 Å². The van der Waals surface area contributed by atoms with Crippen LogP contribution in [0.5, 0.6) is 0 Å². The zero-order valence-electron chi connectivity index (χ0n) is 11.9. The van der Waals surface area contributed by atoms with Gasteiger partial charge in [0.1, 0.15) is 15.6 Å². The van der Waals surface area contributed by atoms with Crippen LogP contribution in [0.1, 0.15) is 37.4 Å². The molecular formula is C13H15N3O4S. The Labute approximate surface area is 125 Å². The van der Waals surface area contributed by atoms with E-state index >= 15 is 0 Å². The molecule has 0 atom stereocenters. The first-order chi connectivity index (χ1) is 9.88. The second-order valence-electron chi connectivity index (χ2n) is 4.58. The molecular weight excluding hydrogens is 294 g/mol. The van der Waals surface area contributed by atoms with Crippen molar-refractivity contribution < 1.29 is 19.2 Å². The van der Waals surface area contributed by atoms with Crippen LogP contribution in [0.25, 0.3) is 0 Å². The van der Waals surface area contributed by atoms with E-state index in [1.54, 1.807) is 20.8 Å². The van der Waals surface area contributed by atoms with E-state index in [1.165, 1.54) is 0 Å². The third kappa shape index (κ3) is 3.46. The summed E-state index contributed by atoms with van der Waals surface area (Å²) in [6.07, 6.45) is 0.178. The molecule has 0 aliphatic carbocycles. The van der Waals surface area contributed by atoms with E-state index in [0.29, 0.717) is 22.2 Å². The normalized spacial score (nSPS) is 10.6. The molecule has 0 unspecified atom stereocenters. The average molecular weight is 309 g/mol. The summed E-state index contributed by atoms with van der Waals surface area (Å²) in [4.78, 5) is 27.1. The Balaban J connectivity index is 1.95. The van der Waals surface area contributed by atoms with Crippen molar-refractivity contribution in [2.75, 3.05) is 0 Å². The highest BCUT2D eigenvalue weighted by Gasteiger charge is 2.16. The number of hydrogen-bond acceptors (Lipinski definition) is 6. The van der Waals surface area contributed by atoms with Crippen LogP contribution in [0, 0.1) is 20.8 Å². The highest BCUT2D eigenvalue weighted by Crippen LogP contribution is 2.18. The molecule has 1 amide bonds. The number of aromatic carboxylic acids is 1. The van der Waals surface area contributed by atoms with Crippen LogP contribution in [0.3, 0.4) is 0 Å². The van der Waals surface area contributed by atoms with Crippen molar-refractivity contribution in [3.05, 3.63) is 32.6 Å². The number of carboxylic acid groups (broad SMARTS) is 1. The quantitative estimate of drug-likeness (QED) is 0.869. The Bertz CT molecular complexity index is 670. The number of nitrogens with one attached hydrogen (secondary N) is 1. The number of rotatable bonds is 5. The fourth-order valence-corrected chi connectivity index (χ4v) is 2.72. The summed E-state index contributed by atoms with van der Waals surface area (Å²) in [5, 5.41) is 16.0. The van der Waals surface area contributed by atoms with Crippen LogP contribution in [0.4, 0.5) is 0 Å². The summed E-state index contributed by atoms with van der Waals surface area (Å²) < 4.78 is 5.00. The Morgan fingerprint density at radius 2 is 2.00 bits per heavy atom. The van der Waals surface area contributed by atoms with Crippen LogP contribution in [-0.2, 0) is 17.8 Å². The van der Waals surface area contributed by atoms with Crippen LogP contribution >= 0.6 is 11.3 Å². The van der Waals surface area contributed by atoms with Gasteiger partial charge < -0.3 is 14.9 Å². The van der Waals surface area contributed by atoms with Crippen molar-refractivity contribution in [3.8, 4) is 0 Å². The van der Waals surface area contributed by atoms with Crippen LogP contribution in [0.2, 0.25) is 0 Å². The van der Waals surface area contributed by atoms with Gasteiger partial charge in [0, 0.05) is 5.56 Å².